The highest BCUT2D eigenvalue weighted by atomic mass is 15.1. The van der Waals surface area contributed by atoms with Gasteiger partial charge in [-0.05, 0) is 144 Å². The number of para-hydroxylation sites is 4. The predicted octanol–water partition coefficient (Wildman–Crippen LogP) is 15.1. The first-order valence-electron chi connectivity index (χ1n) is 21.3. The third kappa shape index (κ3) is 5.43. The molecule has 2 aliphatic rings. The lowest BCUT2D eigenvalue weighted by Gasteiger charge is -2.32. The summed E-state index contributed by atoms with van der Waals surface area (Å²) >= 11 is 0. The number of anilines is 6. The zero-order chi connectivity index (χ0) is 39.6. The van der Waals surface area contributed by atoms with Crippen molar-refractivity contribution in [3.05, 3.63) is 235 Å². The van der Waals surface area contributed by atoms with Crippen LogP contribution in [0.4, 0.5) is 34.1 Å². The minimum atomic E-state index is -0.0484. The van der Waals surface area contributed by atoms with E-state index in [9.17, 15) is 0 Å². The Morgan fingerprint density at radius 1 is 0.367 bits per heavy atom. The standard InChI is InChI=1S/C57H43N3/c1-4-17-43(18-5-1)58(44-19-6-2-7-20-44)47-29-27-41-33-35-57(52(41)38-47)36-34-42-28-30-48(39-53(42)57)59(54-26-14-16-40-15-10-11-23-49(40)54)46-31-32-56-51(37-46)50-24-12-13-25-55(50)60(56)45-21-8-3-9-22-45/h1-32,37-39H,33-36H2/t57-/m1/s1. The Bertz CT molecular complexity index is 3170. The van der Waals surface area contributed by atoms with Gasteiger partial charge in [-0.1, -0.05) is 121 Å². The van der Waals surface area contributed by atoms with E-state index in [-0.39, 0.29) is 5.41 Å². The Kier molecular flexibility index (Phi) is 8.02. The van der Waals surface area contributed by atoms with Crippen LogP contribution in [0, 0.1) is 0 Å². The molecular formula is C57H43N3. The summed E-state index contributed by atoms with van der Waals surface area (Å²) < 4.78 is 2.40. The molecule has 0 saturated carbocycles. The number of fused-ring (bicyclic) bond motifs is 8. The summed E-state index contributed by atoms with van der Waals surface area (Å²) in [5.41, 5.74) is 16.5. The van der Waals surface area contributed by atoms with Gasteiger partial charge in [0.15, 0.2) is 0 Å². The minimum Gasteiger partial charge on any atom is -0.310 e. The van der Waals surface area contributed by atoms with Gasteiger partial charge in [0.2, 0.25) is 0 Å². The van der Waals surface area contributed by atoms with Crippen LogP contribution in [0.5, 0.6) is 0 Å². The Morgan fingerprint density at radius 2 is 0.883 bits per heavy atom. The van der Waals surface area contributed by atoms with E-state index >= 15 is 0 Å². The largest absolute Gasteiger partial charge is 0.310 e. The number of rotatable bonds is 7. The zero-order valence-electron chi connectivity index (χ0n) is 33.4. The minimum absolute atomic E-state index is 0.0484. The van der Waals surface area contributed by atoms with Gasteiger partial charge >= 0.3 is 0 Å². The molecule has 0 bridgehead atoms. The normalized spacial score (nSPS) is 15.5. The summed E-state index contributed by atoms with van der Waals surface area (Å²) in [5.74, 6) is 0. The molecule has 1 aromatic heterocycles. The van der Waals surface area contributed by atoms with Crippen molar-refractivity contribution < 1.29 is 0 Å². The molecular weight excluding hydrogens is 727 g/mol. The van der Waals surface area contributed by atoms with E-state index in [2.05, 4.69) is 227 Å². The van der Waals surface area contributed by atoms with Crippen LogP contribution in [0.25, 0.3) is 38.3 Å². The average molecular weight is 770 g/mol. The first-order chi connectivity index (χ1) is 29.7. The molecule has 0 fully saturated rings. The second kappa shape index (κ2) is 13.9. The molecule has 1 spiro atoms. The van der Waals surface area contributed by atoms with Crippen molar-refractivity contribution in [2.45, 2.75) is 31.1 Å². The molecule has 0 saturated heterocycles. The smallest absolute Gasteiger partial charge is 0.0542 e. The summed E-state index contributed by atoms with van der Waals surface area (Å²) in [6.45, 7) is 0. The molecule has 0 unspecified atom stereocenters. The van der Waals surface area contributed by atoms with Crippen molar-refractivity contribution in [3.8, 4) is 5.69 Å². The van der Waals surface area contributed by atoms with Gasteiger partial charge in [0.05, 0.1) is 16.7 Å². The average Bonchev–Trinajstić information content (AvgIpc) is 3.99. The molecule has 60 heavy (non-hydrogen) atoms. The van der Waals surface area contributed by atoms with E-state index in [4.69, 9.17) is 0 Å². The Labute approximate surface area is 351 Å². The number of hydrogen-bond donors (Lipinski definition) is 0. The van der Waals surface area contributed by atoms with Crippen LogP contribution in [-0.2, 0) is 18.3 Å². The van der Waals surface area contributed by atoms with Gasteiger partial charge in [-0.25, -0.2) is 0 Å². The molecule has 2 aliphatic carbocycles. The van der Waals surface area contributed by atoms with Gasteiger partial charge in [0.25, 0.3) is 0 Å². The van der Waals surface area contributed by atoms with Crippen LogP contribution in [0.2, 0.25) is 0 Å². The zero-order valence-corrected chi connectivity index (χ0v) is 33.4. The van der Waals surface area contributed by atoms with Gasteiger partial charge < -0.3 is 14.4 Å². The van der Waals surface area contributed by atoms with E-state index in [0.29, 0.717) is 0 Å². The van der Waals surface area contributed by atoms with Crippen molar-refractivity contribution in [2.75, 3.05) is 9.80 Å². The van der Waals surface area contributed by atoms with E-state index < -0.39 is 0 Å². The molecule has 0 radical (unpaired) electrons. The summed E-state index contributed by atoms with van der Waals surface area (Å²) in [5, 5.41) is 4.97. The molecule has 3 nitrogen and oxygen atoms in total. The van der Waals surface area contributed by atoms with E-state index in [1.54, 1.807) is 0 Å². The van der Waals surface area contributed by atoms with Gasteiger partial charge in [0, 0.05) is 55.7 Å². The van der Waals surface area contributed by atoms with Crippen molar-refractivity contribution in [3.63, 3.8) is 0 Å². The first-order valence-corrected chi connectivity index (χ1v) is 21.3. The molecule has 10 aromatic rings. The highest BCUT2D eigenvalue weighted by Gasteiger charge is 2.45. The molecule has 0 N–H and O–H groups in total. The number of aryl methyl sites for hydroxylation is 2. The van der Waals surface area contributed by atoms with Crippen molar-refractivity contribution >= 4 is 66.7 Å². The van der Waals surface area contributed by atoms with Gasteiger partial charge in [-0.3, -0.25) is 0 Å². The fourth-order valence-corrected chi connectivity index (χ4v) is 10.6. The van der Waals surface area contributed by atoms with E-state index in [1.165, 1.54) is 89.0 Å². The fourth-order valence-electron chi connectivity index (χ4n) is 10.6. The predicted molar refractivity (Wildman–Crippen MR) is 252 cm³/mol. The molecule has 9 aromatic carbocycles. The molecule has 0 aliphatic heterocycles. The quantitative estimate of drug-likeness (QED) is 0.160. The van der Waals surface area contributed by atoms with Crippen LogP contribution < -0.4 is 9.80 Å². The van der Waals surface area contributed by atoms with Gasteiger partial charge in [-0.15, -0.1) is 0 Å². The number of benzene rings is 9. The Hall–Kier alpha value is -7.36. The molecule has 286 valence electrons. The maximum Gasteiger partial charge on any atom is 0.0542 e. The van der Waals surface area contributed by atoms with Gasteiger partial charge in [-0.2, -0.15) is 0 Å². The monoisotopic (exact) mass is 769 g/mol. The third-order valence-electron chi connectivity index (χ3n) is 13.3. The maximum atomic E-state index is 2.55. The number of nitrogens with zero attached hydrogens (tertiary/aromatic N) is 3. The van der Waals surface area contributed by atoms with Crippen LogP contribution in [-0.4, -0.2) is 4.57 Å². The lowest BCUT2D eigenvalue weighted by Crippen LogP contribution is -2.22. The van der Waals surface area contributed by atoms with Crippen molar-refractivity contribution in [2.24, 2.45) is 0 Å². The number of hydrogen-bond acceptors (Lipinski definition) is 2. The molecule has 0 amide bonds. The summed E-state index contributed by atoms with van der Waals surface area (Å²) in [7, 11) is 0. The highest BCUT2D eigenvalue weighted by molar-refractivity contribution is 6.11. The first kappa shape index (κ1) is 34.7. The van der Waals surface area contributed by atoms with Crippen molar-refractivity contribution in [1.82, 2.24) is 4.57 Å². The molecule has 12 rings (SSSR count). The van der Waals surface area contributed by atoms with E-state index in [0.717, 1.165) is 31.4 Å². The second-order valence-corrected chi connectivity index (χ2v) is 16.5. The summed E-state index contributed by atoms with van der Waals surface area (Å²) in [4.78, 5) is 4.92. The summed E-state index contributed by atoms with van der Waals surface area (Å²) in [6.07, 6.45) is 4.42. The SMILES string of the molecule is c1ccc(N(c2ccccc2)c2ccc3c(c2)[C@@]2(CC3)CCc3ccc(N(c4ccc5c(c4)c4ccccc4n5-c4ccccc4)c4cccc5ccccc45)cc32)cc1. The molecule has 3 heteroatoms. The lowest BCUT2D eigenvalue weighted by atomic mass is 9.76. The topological polar surface area (TPSA) is 11.4 Å². The summed E-state index contributed by atoms with van der Waals surface area (Å²) in [6, 6.07) is 78.4. The van der Waals surface area contributed by atoms with Crippen molar-refractivity contribution in [1.29, 1.82) is 0 Å². The highest BCUT2D eigenvalue weighted by Crippen LogP contribution is 2.55. The Balaban J connectivity index is 1.04. The Morgan fingerprint density at radius 3 is 1.57 bits per heavy atom. The van der Waals surface area contributed by atoms with Crippen LogP contribution in [0.1, 0.15) is 35.1 Å². The molecule has 1 atom stereocenters. The number of aromatic nitrogens is 1. The lowest BCUT2D eigenvalue weighted by molar-refractivity contribution is 0.507. The second-order valence-electron chi connectivity index (χ2n) is 16.5. The van der Waals surface area contributed by atoms with E-state index in [1.807, 2.05) is 0 Å². The van der Waals surface area contributed by atoms with Crippen LogP contribution >= 0.6 is 0 Å². The maximum absolute atomic E-state index is 2.55. The molecule has 1 heterocycles. The van der Waals surface area contributed by atoms with Crippen LogP contribution in [0.15, 0.2) is 212 Å². The van der Waals surface area contributed by atoms with Gasteiger partial charge in [0.1, 0.15) is 0 Å². The third-order valence-corrected chi connectivity index (χ3v) is 13.3. The fraction of sp³-hybridized carbons (Fsp3) is 0.0877. The van der Waals surface area contributed by atoms with Crippen LogP contribution in [0.3, 0.4) is 0 Å².